The van der Waals surface area contributed by atoms with E-state index in [-0.39, 0.29) is 17.6 Å². The van der Waals surface area contributed by atoms with Crippen LogP contribution in [0.5, 0.6) is 5.75 Å². The number of nitrogens with one attached hydrogen (secondary N) is 1. The van der Waals surface area contributed by atoms with Crippen LogP contribution in [0.25, 0.3) is 11.3 Å². The molecule has 0 aliphatic heterocycles. The molecule has 1 N–H and O–H groups in total. The number of methoxy groups -OCH3 is 1. The molecule has 0 saturated carbocycles. The normalized spacial score (nSPS) is 12.0. The molecule has 0 aliphatic rings. The van der Waals surface area contributed by atoms with Crippen molar-refractivity contribution in [1.29, 1.82) is 0 Å². The van der Waals surface area contributed by atoms with Gasteiger partial charge >= 0.3 is 0 Å². The zero-order valence-electron chi connectivity index (χ0n) is 16.0. The Morgan fingerprint density at radius 1 is 1.18 bits per heavy atom. The molecule has 1 aromatic heterocycles. The van der Waals surface area contributed by atoms with Crippen LogP contribution in [0.15, 0.2) is 59.1 Å². The SMILES string of the molecule is COc1ccc([C@@H](CNC(=O)c2cc(-c3ccc(Cl)cc3)on2)N(C)C)cc1. The summed E-state index contributed by atoms with van der Waals surface area (Å²) < 4.78 is 10.5. The molecule has 0 unspecified atom stereocenters. The van der Waals surface area contributed by atoms with Crippen molar-refractivity contribution in [1.82, 2.24) is 15.4 Å². The van der Waals surface area contributed by atoms with Crippen LogP contribution in [0.1, 0.15) is 22.1 Å². The number of aromatic nitrogens is 1. The maximum Gasteiger partial charge on any atom is 0.273 e. The summed E-state index contributed by atoms with van der Waals surface area (Å²) in [5, 5.41) is 7.44. The molecule has 1 amide bonds. The number of likely N-dealkylation sites (N-methyl/N-ethyl adjacent to an activating group) is 1. The minimum absolute atomic E-state index is 0.0116. The van der Waals surface area contributed by atoms with Gasteiger partial charge in [-0.15, -0.1) is 0 Å². The Morgan fingerprint density at radius 2 is 1.86 bits per heavy atom. The first-order valence-electron chi connectivity index (χ1n) is 8.79. The van der Waals surface area contributed by atoms with E-state index in [0.29, 0.717) is 17.3 Å². The second-order valence-electron chi connectivity index (χ2n) is 6.55. The van der Waals surface area contributed by atoms with Gasteiger partial charge in [-0.2, -0.15) is 0 Å². The maximum atomic E-state index is 12.5. The number of hydrogen-bond donors (Lipinski definition) is 1. The van der Waals surface area contributed by atoms with Gasteiger partial charge in [0.05, 0.1) is 13.2 Å². The number of nitrogens with zero attached hydrogens (tertiary/aromatic N) is 2. The second-order valence-corrected chi connectivity index (χ2v) is 6.98. The smallest absolute Gasteiger partial charge is 0.273 e. The summed E-state index contributed by atoms with van der Waals surface area (Å²) in [6.45, 7) is 0.432. The fourth-order valence-corrected chi connectivity index (χ4v) is 2.96. The van der Waals surface area contributed by atoms with Crippen molar-refractivity contribution < 1.29 is 14.1 Å². The molecule has 7 heteroatoms. The lowest BCUT2D eigenvalue weighted by Crippen LogP contribution is -2.34. The number of halogens is 1. The second kappa shape index (κ2) is 8.91. The highest BCUT2D eigenvalue weighted by molar-refractivity contribution is 6.30. The number of carbonyl (C=O) groups is 1. The van der Waals surface area contributed by atoms with Crippen LogP contribution in [0.4, 0.5) is 0 Å². The van der Waals surface area contributed by atoms with Gasteiger partial charge in [-0.25, -0.2) is 0 Å². The Labute approximate surface area is 169 Å². The van der Waals surface area contributed by atoms with Crippen LogP contribution < -0.4 is 10.1 Å². The van der Waals surface area contributed by atoms with E-state index in [4.69, 9.17) is 20.9 Å². The lowest BCUT2D eigenvalue weighted by molar-refractivity contribution is 0.0933. The third kappa shape index (κ3) is 4.71. The van der Waals surface area contributed by atoms with Gasteiger partial charge in [0.15, 0.2) is 11.5 Å². The fraction of sp³-hybridized carbons (Fsp3) is 0.238. The van der Waals surface area contributed by atoms with Crippen LogP contribution in [-0.4, -0.2) is 43.7 Å². The molecule has 0 saturated heterocycles. The molecule has 0 bridgehead atoms. The molecule has 1 heterocycles. The van der Waals surface area contributed by atoms with Gasteiger partial charge in [0.2, 0.25) is 0 Å². The molecule has 3 rings (SSSR count). The molecular formula is C21H22ClN3O3. The third-order valence-corrected chi connectivity index (χ3v) is 4.70. The highest BCUT2D eigenvalue weighted by Gasteiger charge is 2.18. The predicted molar refractivity (Wildman–Crippen MR) is 109 cm³/mol. The van der Waals surface area contributed by atoms with Gasteiger partial charge in [-0.05, 0) is 56.1 Å². The third-order valence-electron chi connectivity index (χ3n) is 4.45. The molecule has 2 aromatic carbocycles. The zero-order valence-corrected chi connectivity index (χ0v) is 16.7. The number of ether oxygens (including phenoxy) is 1. The standard InChI is InChI=1S/C21H22ClN3O3/c1-25(2)19(14-6-10-17(27-3)11-7-14)13-23-21(26)18-12-20(28-24-18)15-4-8-16(22)9-5-15/h4-12,19H,13H2,1-3H3,(H,23,26)/t19-/m1/s1. The summed E-state index contributed by atoms with van der Waals surface area (Å²) >= 11 is 5.90. The highest BCUT2D eigenvalue weighted by Crippen LogP contribution is 2.23. The van der Waals surface area contributed by atoms with Crippen LogP contribution >= 0.6 is 11.6 Å². The Hall–Kier alpha value is -2.83. The molecule has 0 radical (unpaired) electrons. The van der Waals surface area contributed by atoms with E-state index < -0.39 is 0 Å². The zero-order chi connectivity index (χ0) is 20.1. The lowest BCUT2D eigenvalue weighted by Gasteiger charge is -2.25. The van der Waals surface area contributed by atoms with Gasteiger partial charge in [0.25, 0.3) is 5.91 Å². The summed E-state index contributed by atoms with van der Waals surface area (Å²) in [4.78, 5) is 14.6. The van der Waals surface area contributed by atoms with Crippen molar-refractivity contribution in [2.45, 2.75) is 6.04 Å². The average Bonchev–Trinajstić information content (AvgIpc) is 3.19. The number of amides is 1. The fourth-order valence-electron chi connectivity index (χ4n) is 2.84. The van der Waals surface area contributed by atoms with Crippen molar-refractivity contribution in [3.05, 3.63) is 70.9 Å². The van der Waals surface area contributed by atoms with Crippen LogP contribution in [-0.2, 0) is 0 Å². The Balaban J connectivity index is 1.67. The Bertz CT molecular complexity index is 921. The molecular weight excluding hydrogens is 378 g/mol. The predicted octanol–water partition coefficient (Wildman–Crippen LogP) is 4.04. The minimum atomic E-state index is -0.288. The molecule has 6 nitrogen and oxygen atoms in total. The number of carbonyl (C=O) groups excluding carboxylic acids is 1. The van der Waals surface area contributed by atoms with Crippen LogP contribution in [0.2, 0.25) is 5.02 Å². The van der Waals surface area contributed by atoms with Crippen LogP contribution in [0.3, 0.4) is 0 Å². The van der Waals surface area contributed by atoms with E-state index in [2.05, 4.69) is 10.5 Å². The van der Waals surface area contributed by atoms with Gasteiger partial charge in [0.1, 0.15) is 5.75 Å². The van der Waals surface area contributed by atoms with Crippen molar-refractivity contribution in [2.75, 3.05) is 27.7 Å². The summed E-state index contributed by atoms with van der Waals surface area (Å²) in [7, 11) is 5.57. The monoisotopic (exact) mass is 399 g/mol. The first-order chi connectivity index (χ1) is 13.5. The summed E-state index contributed by atoms with van der Waals surface area (Å²) in [5.41, 5.74) is 2.12. The highest BCUT2D eigenvalue weighted by atomic mass is 35.5. The Morgan fingerprint density at radius 3 is 2.46 bits per heavy atom. The first kappa shape index (κ1) is 19.9. The quantitative estimate of drug-likeness (QED) is 0.649. The number of rotatable bonds is 7. The van der Waals surface area contributed by atoms with E-state index in [1.807, 2.05) is 55.4 Å². The maximum absolute atomic E-state index is 12.5. The summed E-state index contributed by atoms with van der Waals surface area (Å²) in [6.07, 6.45) is 0. The molecule has 3 aromatic rings. The summed E-state index contributed by atoms with van der Waals surface area (Å²) in [6, 6.07) is 16.6. The first-order valence-corrected chi connectivity index (χ1v) is 9.17. The van der Waals surface area contributed by atoms with Gasteiger partial charge in [-0.3, -0.25) is 4.79 Å². The largest absolute Gasteiger partial charge is 0.497 e. The molecule has 28 heavy (non-hydrogen) atoms. The van der Waals surface area contributed by atoms with Crippen molar-refractivity contribution in [3.63, 3.8) is 0 Å². The van der Waals surface area contributed by atoms with E-state index in [1.165, 1.54) is 0 Å². The average molecular weight is 400 g/mol. The Kier molecular flexibility index (Phi) is 6.34. The molecule has 1 atom stereocenters. The minimum Gasteiger partial charge on any atom is -0.497 e. The summed E-state index contributed by atoms with van der Waals surface area (Å²) in [5.74, 6) is 1.02. The van der Waals surface area contributed by atoms with E-state index in [9.17, 15) is 4.79 Å². The molecule has 146 valence electrons. The van der Waals surface area contributed by atoms with E-state index in [0.717, 1.165) is 16.9 Å². The van der Waals surface area contributed by atoms with Gasteiger partial charge in [0, 0.05) is 23.2 Å². The van der Waals surface area contributed by atoms with Crippen LogP contribution in [0, 0.1) is 0 Å². The van der Waals surface area contributed by atoms with Gasteiger partial charge < -0.3 is 19.5 Å². The van der Waals surface area contributed by atoms with Crippen molar-refractivity contribution in [3.8, 4) is 17.1 Å². The molecule has 0 spiro atoms. The lowest BCUT2D eigenvalue weighted by atomic mass is 10.1. The number of benzene rings is 2. The van der Waals surface area contributed by atoms with E-state index in [1.54, 1.807) is 25.3 Å². The van der Waals surface area contributed by atoms with Crippen molar-refractivity contribution >= 4 is 17.5 Å². The van der Waals surface area contributed by atoms with E-state index >= 15 is 0 Å². The van der Waals surface area contributed by atoms with Gasteiger partial charge in [-0.1, -0.05) is 28.9 Å². The topological polar surface area (TPSA) is 67.6 Å². The number of hydrogen-bond acceptors (Lipinski definition) is 5. The van der Waals surface area contributed by atoms with Crippen molar-refractivity contribution in [2.24, 2.45) is 0 Å². The molecule has 0 fully saturated rings. The molecule has 0 aliphatic carbocycles.